The van der Waals surface area contributed by atoms with Crippen molar-refractivity contribution in [1.82, 2.24) is 8.80 Å². The van der Waals surface area contributed by atoms with Crippen LogP contribution < -0.4 is 0 Å². The summed E-state index contributed by atoms with van der Waals surface area (Å²) in [5.41, 5.74) is 26.5. The summed E-state index contributed by atoms with van der Waals surface area (Å²) in [5, 5.41) is 21.4. The molecule has 0 saturated heterocycles. The van der Waals surface area contributed by atoms with Gasteiger partial charge in [-0.15, -0.1) is 0 Å². The van der Waals surface area contributed by atoms with Crippen molar-refractivity contribution in [2.45, 2.75) is 76.0 Å². The summed E-state index contributed by atoms with van der Waals surface area (Å²) in [6.45, 7) is 22.9. The predicted octanol–water partition coefficient (Wildman–Crippen LogP) is 17.0. The van der Waals surface area contributed by atoms with Gasteiger partial charge in [-0.3, -0.25) is 0 Å². The number of hydrogen-bond acceptors (Lipinski definition) is 1. The molecule has 0 saturated carbocycles. The lowest BCUT2D eigenvalue weighted by Gasteiger charge is -2.43. The van der Waals surface area contributed by atoms with Gasteiger partial charge in [0.2, 0.25) is 0 Å². The molecule has 19 rings (SSSR count). The SMILES string of the molecule is [C-]#[N+]c1cc2c(c3c1C1c4ccccc4C3c3ccccc31)c1cc(C(C)(C)C)cc3c4c5c6cc(C(C)(C)C)cc7c8c9c(c(C#N)cc8n(c5ccc4n2c13)c76)C1c2ccccc2C9c2ccccc21. The molecule has 4 bridgehead atoms. The molecule has 0 atom stereocenters. The van der Waals surface area contributed by atoms with Gasteiger partial charge in [-0.1, -0.05) is 139 Å². The molecule has 0 spiro atoms. The minimum atomic E-state index is -0.141. The number of rotatable bonds is 0. The minimum absolute atomic E-state index is 0.00185. The average Bonchev–Trinajstić information content (AvgIpc) is 4.12. The summed E-state index contributed by atoms with van der Waals surface area (Å²) >= 11 is 0. The predicted molar refractivity (Wildman–Crippen MR) is 294 cm³/mol. The van der Waals surface area contributed by atoms with E-state index in [9.17, 15) is 5.26 Å². The Morgan fingerprint density at radius 3 is 1.11 bits per heavy atom. The Bertz CT molecular complexity index is 4410. The van der Waals surface area contributed by atoms with Gasteiger partial charge in [0.05, 0.1) is 45.8 Å². The lowest BCUT2D eigenvalue weighted by Crippen LogP contribution is -2.28. The van der Waals surface area contributed by atoms with Crippen molar-refractivity contribution in [3.8, 4) is 6.07 Å². The third kappa shape index (κ3) is 4.32. The first kappa shape index (κ1) is 39.3. The Morgan fingerprint density at radius 2 is 0.750 bits per heavy atom. The zero-order valence-corrected chi connectivity index (χ0v) is 41.0. The molecule has 0 amide bonds. The van der Waals surface area contributed by atoms with Crippen molar-refractivity contribution in [1.29, 1.82) is 5.26 Å². The van der Waals surface area contributed by atoms with Gasteiger partial charge in [0.1, 0.15) is 0 Å². The van der Waals surface area contributed by atoms with E-state index in [-0.39, 0.29) is 34.5 Å². The first-order valence-corrected chi connectivity index (χ1v) is 25.7. The molecular formula is C68H46N4. The second-order valence-electron chi connectivity index (χ2n) is 23.6. The first-order chi connectivity index (χ1) is 35.0. The number of nitrogens with zero attached hydrogens (tertiary/aromatic N) is 4. The molecule has 0 aliphatic heterocycles. The molecule has 4 aromatic heterocycles. The maximum atomic E-state index is 11.3. The van der Waals surface area contributed by atoms with Crippen LogP contribution in [0.15, 0.2) is 146 Å². The van der Waals surface area contributed by atoms with Crippen molar-refractivity contribution >= 4 is 81.9 Å². The molecule has 72 heavy (non-hydrogen) atoms. The van der Waals surface area contributed by atoms with Crippen molar-refractivity contribution in [2.75, 3.05) is 0 Å². The van der Waals surface area contributed by atoms with Gasteiger partial charge in [-0.05, 0) is 137 Å². The topological polar surface area (TPSA) is 37.0 Å². The normalized spacial score (nSPS) is 18.4. The Kier molecular flexibility index (Phi) is 6.84. The summed E-state index contributed by atoms with van der Waals surface area (Å²) in [6, 6.07) is 57.9. The van der Waals surface area contributed by atoms with Crippen LogP contribution in [-0.2, 0) is 10.8 Å². The number of fused-ring (bicyclic) bond motifs is 13. The van der Waals surface area contributed by atoms with Gasteiger partial charge in [0.25, 0.3) is 0 Å². The lowest BCUT2D eigenvalue weighted by molar-refractivity contribution is 0.591. The average molecular weight is 919 g/mol. The van der Waals surface area contributed by atoms with Crippen molar-refractivity contribution in [3.63, 3.8) is 0 Å². The fourth-order valence-corrected chi connectivity index (χ4v) is 15.4. The van der Waals surface area contributed by atoms with E-state index in [0.717, 1.165) is 33.3 Å². The highest BCUT2D eigenvalue weighted by atomic mass is 14.9. The lowest BCUT2D eigenvalue weighted by atomic mass is 9.59. The summed E-state index contributed by atoms with van der Waals surface area (Å²) in [5.74, 6) is 0.0373. The van der Waals surface area contributed by atoms with Crippen LogP contribution in [0.25, 0.3) is 81.0 Å². The molecule has 0 N–H and O–H groups in total. The molecule has 4 nitrogen and oxygen atoms in total. The van der Waals surface area contributed by atoms with Gasteiger partial charge >= 0.3 is 0 Å². The number of nitriles is 1. The molecule has 4 heteroatoms. The molecule has 6 aliphatic rings. The van der Waals surface area contributed by atoms with Crippen LogP contribution in [0.3, 0.4) is 0 Å². The van der Waals surface area contributed by atoms with Gasteiger partial charge in [-0.25, -0.2) is 4.85 Å². The fraction of sp³-hybridized carbons (Fsp3) is 0.176. The van der Waals surface area contributed by atoms with Crippen LogP contribution >= 0.6 is 0 Å². The zero-order valence-electron chi connectivity index (χ0n) is 41.0. The standard InChI is InChI=1S/C68H46N4/c1-67(2,3)34-27-44-58-49(71-51-26-33(32-69)53-54-36-16-8-12-20-40(36)56(41-21-13-9-17-37(41)54)63(53)60(51)46(29-34)65(44)71)24-25-50-59(58)45-28-35(68(4,5)6)30-47-61-52(72(50)66(45)47)31-48(70-7)62-55-38-18-10-14-22-42(38)57(64(61)62)43-23-15-11-19-39(43)55/h8-31,54-57H,1-6H3. The Hall–Kier alpha value is -8.44. The van der Waals surface area contributed by atoms with Crippen LogP contribution in [0.4, 0.5) is 5.69 Å². The molecule has 13 aromatic rings. The summed E-state index contributed by atoms with van der Waals surface area (Å²) < 4.78 is 5.06. The number of hydrogen-bond donors (Lipinski definition) is 0. The van der Waals surface area contributed by atoms with Crippen LogP contribution in [0.1, 0.15) is 149 Å². The Morgan fingerprint density at radius 1 is 0.417 bits per heavy atom. The van der Waals surface area contributed by atoms with Crippen LogP contribution in [0, 0.1) is 17.9 Å². The molecule has 0 unspecified atom stereocenters. The van der Waals surface area contributed by atoms with Gasteiger partial charge in [0, 0.05) is 72.3 Å². The maximum Gasteiger partial charge on any atom is 0.193 e. The Labute approximate surface area is 416 Å². The van der Waals surface area contributed by atoms with E-state index >= 15 is 0 Å². The highest BCUT2D eigenvalue weighted by molar-refractivity contribution is 6.36. The highest BCUT2D eigenvalue weighted by Gasteiger charge is 2.46. The highest BCUT2D eigenvalue weighted by Crippen LogP contribution is 2.63. The monoisotopic (exact) mass is 918 g/mol. The molecule has 0 fully saturated rings. The fourth-order valence-electron chi connectivity index (χ4n) is 15.4. The quantitative estimate of drug-likeness (QED) is 0.140. The van der Waals surface area contributed by atoms with E-state index in [1.807, 2.05) is 0 Å². The second-order valence-corrected chi connectivity index (χ2v) is 23.6. The number of aromatic nitrogens is 2. The van der Waals surface area contributed by atoms with Crippen LogP contribution in [-0.4, -0.2) is 8.80 Å². The molecule has 6 aliphatic carbocycles. The van der Waals surface area contributed by atoms with Crippen LogP contribution in [0.2, 0.25) is 0 Å². The molecular weight excluding hydrogens is 873 g/mol. The van der Waals surface area contributed by atoms with Crippen molar-refractivity contribution in [2.24, 2.45) is 0 Å². The van der Waals surface area contributed by atoms with Gasteiger partial charge in [-0.2, -0.15) is 5.26 Å². The van der Waals surface area contributed by atoms with E-state index in [4.69, 9.17) is 6.57 Å². The summed E-state index contributed by atoms with van der Waals surface area (Å²) in [4.78, 5) is 4.43. The van der Waals surface area contributed by atoms with E-state index in [1.54, 1.807) is 0 Å². The third-order valence-electron chi connectivity index (χ3n) is 18.2. The van der Waals surface area contributed by atoms with E-state index in [1.165, 1.54) is 132 Å². The van der Waals surface area contributed by atoms with Crippen LogP contribution in [0.5, 0.6) is 0 Å². The number of benzene rings is 9. The Balaban J connectivity index is 1.05. The van der Waals surface area contributed by atoms with E-state index < -0.39 is 0 Å². The van der Waals surface area contributed by atoms with E-state index in [0.29, 0.717) is 0 Å². The smallest absolute Gasteiger partial charge is 0.193 e. The summed E-state index contributed by atoms with van der Waals surface area (Å²) in [7, 11) is 0. The first-order valence-electron chi connectivity index (χ1n) is 25.7. The molecule has 338 valence electrons. The zero-order chi connectivity index (χ0) is 48.2. The van der Waals surface area contributed by atoms with Crippen molar-refractivity contribution < 1.29 is 0 Å². The third-order valence-corrected chi connectivity index (χ3v) is 18.2. The second kappa shape index (κ2) is 12.5. The molecule has 0 radical (unpaired) electrons. The van der Waals surface area contributed by atoms with Gasteiger partial charge in [0.15, 0.2) is 5.69 Å². The molecule has 4 heterocycles. The molecule has 9 aromatic carbocycles. The van der Waals surface area contributed by atoms with E-state index in [2.05, 4.69) is 207 Å². The minimum Gasteiger partial charge on any atom is -0.309 e. The maximum absolute atomic E-state index is 11.3. The largest absolute Gasteiger partial charge is 0.309 e. The van der Waals surface area contributed by atoms with Crippen molar-refractivity contribution in [3.05, 3.63) is 240 Å². The summed E-state index contributed by atoms with van der Waals surface area (Å²) in [6.07, 6.45) is 0. The van der Waals surface area contributed by atoms with Gasteiger partial charge < -0.3 is 8.80 Å².